The van der Waals surface area contributed by atoms with Crippen molar-refractivity contribution in [1.29, 1.82) is 0 Å². The average molecular weight is 1020 g/mol. The number of hydrogen-bond acceptors (Lipinski definition) is 12. The molecular formula is C58H88N12O4. The van der Waals surface area contributed by atoms with Crippen LogP contribution in [0.1, 0.15) is 169 Å². The van der Waals surface area contributed by atoms with E-state index < -0.39 is 0 Å². The van der Waals surface area contributed by atoms with E-state index in [1.165, 1.54) is 0 Å². The fraction of sp³-hybridized carbons (Fsp3) is 0.517. The molecule has 0 bridgehead atoms. The lowest BCUT2D eigenvalue weighted by atomic mass is 9.91. The van der Waals surface area contributed by atoms with Gasteiger partial charge in [0.2, 0.25) is 0 Å². The third-order valence-corrected chi connectivity index (χ3v) is 11.2. The van der Waals surface area contributed by atoms with Gasteiger partial charge in [0.15, 0.2) is 0 Å². The minimum absolute atomic E-state index is 0.252. The highest BCUT2D eigenvalue weighted by molar-refractivity contribution is 5.55. The number of hydrogen-bond donors (Lipinski definition) is 0. The van der Waals surface area contributed by atoms with Gasteiger partial charge in [-0.15, -0.1) is 20.4 Å². The molecule has 7 aromatic rings. The number of nitrogens with zero attached hydrogens (tertiary/aromatic N) is 12. The number of allylic oxidation sites excluding steroid dienone is 1. The number of aryl methyl sites for hydroxylation is 8. The van der Waals surface area contributed by atoms with Crippen molar-refractivity contribution in [2.45, 2.75) is 196 Å². The first-order valence-corrected chi connectivity index (χ1v) is 27.1. The average Bonchev–Trinajstić information content (AvgIpc) is 4.27. The molecule has 16 nitrogen and oxygen atoms in total. The lowest BCUT2D eigenvalue weighted by Gasteiger charge is -2.22. The molecule has 0 saturated carbocycles. The summed E-state index contributed by atoms with van der Waals surface area (Å²) in [6, 6.07) is 13.2. The predicted molar refractivity (Wildman–Crippen MR) is 297 cm³/mol. The summed E-state index contributed by atoms with van der Waals surface area (Å²) in [6.45, 7) is 39.4. The first-order chi connectivity index (χ1) is 36.0. The first kappa shape index (κ1) is 61.6. The topological polar surface area (TPSA) is 160 Å². The van der Waals surface area contributed by atoms with E-state index in [0.29, 0.717) is 45.6 Å². The van der Waals surface area contributed by atoms with E-state index in [2.05, 4.69) is 118 Å². The minimum atomic E-state index is 0.252. The second kappa shape index (κ2) is 33.2. The van der Waals surface area contributed by atoms with Gasteiger partial charge in [-0.1, -0.05) is 142 Å². The molecular weight excluding hydrogens is 929 g/mol. The maximum absolute atomic E-state index is 6.91. The van der Waals surface area contributed by atoms with Crippen molar-refractivity contribution in [2.24, 2.45) is 0 Å². The zero-order valence-corrected chi connectivity index (χ0v) is 48.0. The third kappa shape index (κ3) is 18.4. The van der Waals surface area contributed by atoms with Crippen molar-refractivity contribution in [3.63, 3.8) is 0 Å². The molecule has 404 valence electrons. The second-order valence-corrected chi connectivity index (χ2v) is 16.8. The highest BCUT2D eigenvalue weighted by Crippen LogP contribution is 2.38. The summed E-state index contributed by atoms with van der Waals surface area (Å²) >= 11 is 0. The zero-order chi connectivity index (χ0) is 54.6. The van der Waals surface area contributed by atoms with Crippen molar-refractivity contribution in [3.8, 4) is 17.2 Å². The van der Waals surface area contributed by atoms with Crippen molar-refractivity contribution in [1.82, 2.24) is 60.0 Å². The Balaban J connectivity index is 0.00000172. The van der Waals surface area contributed by atoms with Crippen LogP contribution in [0.2, 0.25) is 0 Å². The normalized spacial score (nSPS) is 10.8. The van der Waals surface area contributed by atoms with Crippen LogP contribution in [0, 0.1) is 27.7 Å². The van der Waals surface area contributed by atoms with Crippen LogP contribution in [0.3, 0.4) is 0 Å². The van der Waals surface area contributed by atoms with E-state index in [-0.39, 0.29) is 13.2 Å². The van der Waals surface area contributed by atoms with E-state index in [1.807, 2.05) is 127 Å². The Morgan fingerprint density at radius 3 is 1.12 bits per heavy atom. The number of ether oxygens (including phenoxy) is 4. The molecule has 0 atom stereocenters. The molecule has 0 fully saturated rings. The van der Waals surface area contributed by atoms with Gasteiger partial charge in [0.05, 0.1) is 38.0 Å². The van der Waals surface area contributed by atoms with Crippen molar-refractivity contribution < 1.29 is 18.9 Å². The molecule has 0 aliphatic carbocycles. The van der Waals surface area contributed by atoms with Gasteiger partial charge in [-0.2, -0.15) is 0 Å². The van der Waals surface area contributed by atoms with Crippen LogP contribution < -0.4 is 14.2 Å². The van der Waals surface area contributed by atoms with Gasteiger partial charge in [0, 0.05) is 39.0 Å². The third-order valence-electron chi connectivity index (χ3n) is 11.2. The summed E-state index contributed by atoms with van der Waals surface area (Å²) in [5.41, 5.74) is 13.9. The van der Waals surface area contributed by atoms with E-state index in [1.54, 1.807) is 0 Å². The minimum Gasteiger partial charge on any atom is -0.487 e. The number of rotatable bonds is 24. The maximum Gasteiger partial charge on any atom is 0.134 e. The molecule has 7 rings (SSSR count). The second-order valence-electron chi connectivity index (χ2n) is 16.8. The quantitative estimate of drug-likeness (QED) is 0.0528. The highest BCUT2D eigenvalue weighted by atomic mass is 16.5. The summed E-state index contributed by atoms with van der Waals surface area (Å²) in [5.74, 6) is 2.43. The summed E-state index contributed by atoms with van der Waals surface area (Å²) in [5, 5.41) is 34.4. The first-order valence-electron chi connectivity index (χ1n) is 27.1. The summed E-state index contributed by atoms with van der Waals surface area (Å²) < 4.78 is 33.8. The van der Waals surface area contributed by atoms with Gasteiger partial charge >= 0.3 is 0 Å². The van der Waals surface area contributed by atoms with E-state index in [9.17, 15) is 0 Å². The molecule has 4 heterocycles. The van der Waals surface area contributed by atoms with E-state index in [0.717, 1.165) is 122 Å². The maximum atomic E-state index is 6.91. The predicted octanol–water partition coefficient (Wildman–Crippen LogP) is 12.5. The lowest BCUT2D eigenvalue weighted by molar-refractivity contribution is 0.138. The summed E-state index contributed by atoms with van der Waals surface area (Å²) in [6.07, 6.45) is 12.6. The summed E-state index contributed by atoms with van der Waals surface area (Å²) in [7, 11) is 0. The number of benzene rings is 3. The fourth-order valence-corrected chi connectivity index (χ4v) is 8.22. The van der Waals surface area contributed by atoms with Gasteiger partial charge in [-0.3, -0.25) is 18.7 Å². The van der Waals surface area contributed by atoms with E-state index in [4.69, 9.17) is 18.9 Å². The molecule has 0 saturated heterocycles. The lowest BCUT2D eigenvalue weighted by Crippen LogP contribution is -2.09. The molecule has 4 aromatic heterocycles. The smallest absolute Gasteiger partial charge is 0.134 e. The molecule has 0 aliphatic heterocycles. The Bertz CT molecular complexity index is 2730. The zero-order valence-electron chi connectivity index (χ0n) is 48.0. The summed E-state index contributed by atoms with van der Waals surface area (Å²) in [4.78, 5) is 0. The Morgan fingerprint density at radius 2 is 0.757 bits per heavy atom. The molecule has 74 heavy (non-hydrogen) atoms. The van der Waals surface area contributed by atoms with Crippen molar-refractivity contribution in [3.05, 3.63) is 146 Å². The molecule has 0 radical (unpaired) electrons. The van der Waals surface area contributed by atoms with Gasteiger partial charge in [0.1, 0.15) is 59.8 Å². The molecule has 0 N–H and O–H groups in total. The largest absolute Gasteiger partial charge is 0.487 e. The van der Waals surface area contributed by atoms with Crippen LogP contribution in [-0.4, -0.2) is 66.6 Å². The standard InChI is InChI=1S/C50H64N12O4.4C2H6/c1-10-15-38(29-63-30-44-25-59(11-2)55-51-44)22-39-18-35(7)19-42(49(39)65-32-46-27-61(13-4)57-53-46)24-43-21-36(8)20-41(50(43)66-33-47-28-62(14-5)58-54-47)23-40-17-34(6)16-37(9)48(40)64-31-45-26-60(12-3)56-52-45;4*1-2/h15-21,25-28H,10-14,22-24,29-33H2,1-9H3;4*1-2H3/b38-15-;;;;. The van der Waals surface area contributed by atoms with Crippen molar-refractivity contribution >= 4 is 0 Å². The van der Waals surface area contributed by atoms with Crippen molar-refractivity contribution in [2.75, 3.05) is 6.61 Å². The molecule has 0 aliphatic rings. The highest BCUT2D eigenvalue weighted by Gasteiger charge is 2.21. The fourth-order valence-electron chi connectivity index (χ4n) is 8.22. The monoisotopic (exact) mass is 1020 g/mol. The molecule has 0 amide bonds. The molecule has 3 aromatic carbocycles. The number of aromatic nitrogens is 12. The van der Waals surface area contributed by atoms with Gasteiger partial charge < -0.3 is 18.9 Å². The van der Waals surface area contributed by atoms with E-state index >= 15 is 0 Å². The Morgan fingerprint density at radius 1 is 0.432 bits per heavy atom. The van der Waals surface area contributed by atoms with Crippen LogP contribution in [0.25, 0.3) is 0 Å². The van der Waals surface area contributed by atoms with Crippen LogP contribution in [0.4, 0.5) is 0 Å². The van der Waals surface area contributed by atoms with Crippen LogP contribution in [0.15, 0.2) is 72.8 Å². The Kier molecular flexibility index (Phi) is 27.6. The Hall–Kier alpha value is -6.68. The molecule has 16 heteroatoms. The van der Waals surface area contributed by atoms with Crippen LogP contribution in [0.5, 0.6) is 17.2 Å². The molecule has 0 unspecified atom stereocenters. The van der Waals surface area contributed by atoms with Gasteiger partial charge in [-0.25, -0.2) is 0 Å². The van der Waals surface area contributed by atoms with Crippen LogP contribution in [-0.2, 0) is 76.6 Å². The SMILES string of the molecule is CC.CC.CC.CC.CC/C=C(\COCc1cn(CC)nn1)Cc1cc(C)cc(Cc2cc(C)cc(Cc3cc(C)cc(C)c3OCc3cn(CC)nn3)c2OCc2cn(CC)nn2)c1OCc1cn(CC)nn1. The van der Waals surface area contributed by atoms with Gasteiger partial charge in [0.25, 0.3) is 0 Å². The Labute approximate surface area is 442 Å². The van der Waals surface area contributed by atoms with Crippen LogP contribution >= 0.6 is 0 Å². The van der Waals surface area contributed by atoms with Gasteiger partial charge in [-0.05, 0) is 107 Å². The molecule has 0 spiro atoms.